The van der Waals surface area contributed by atoms with E-state index in [0.717, 1.165) is 50.9 Å². The Balaban J connectivity index is 1.55. The Hall–Kier alpha value is -2.51. The molecule has 0 aromatic carbocycles. The summed E-state index contributed by atoms with van der Waals surface area (Å²) in [6.07, 6.45) is 10.6. The molecule has 0 bridgehead atoms. The molecule has 1 aliphatic carbocycles. The van der Waals surface area contributed by atoms with Gasteiger partial charge in [-0.25, -0.2) is 9.97 Å². The first kappa shape index (κ1) is 18.8. The molecule has 28 heavy (non-hydrogen) atoms. The highest BCUT2D eigenvalue weighted by molar-refractivity contribution is 5.76. The van der Waals surface area contributed by atoms with Crippen LogP contribution in [0.25, 0.3) is 11.4 Å². The van der Waals surface area contributed by atoms with E-state index >= 15 is 0 Å². The van der Waals surface area contributed by atoms with Crippen LogP contribution in [0.15, 0.2) is 10.7 Å². The van der Waals surface area contributed by atoms with Crippen LogP contribution in [0.2, 0.25) is 0 Å². The lowest BCUT2D eigenvalue weighted by Crippen LogP contribution is -2.38. The summed E-state index contributed by atoms with van der Waals surface area (Å²) in [5, 5.41) is 4.11. The molecule has 1 saturated heterocycles. The minimum Gasteiger partial charge on any atom is -0.383 e. The Morgan fingerprint density at radius 2 is 2.00 bits per heavy atom. The van der Waals surface area contributed by atoms with Crippen LogP contribution in [0, 0.1) is 0 Å². The third-order valence-corrected chi connectivity index (χ3v) is 5.81. The van der Waals surface area contributed by atoms with Crippen LogP contribution in [0.4, 0.5) is 5.82 Å². The van der Waals surface area contributed by atoms with Crippen LogP contribution >= 0.6 is 0 Å². The van der Waals surface area contributed by atoms with Gasteiger partial charge in [-0.05, 0) is 38.5 Å². The van der Waals surface area contributed by atoms with Gasteiger partial charge in [0.1, 0.15) is 17.7 Å². The summed E-state index contributed by atoms with van der Waals surface area (Å²) in [5.74, 6) is 2.60. The third-order valence-electron chi connectivity index (χ3n) is 5.81. The fourth-order valence-corrected chi connectivity index (χ4v) is 4.29. The van der Waals surface area contributed by atoms with Crippen LogP contribution in [0.3, 0.4) is 0 Å². The van der Waals surface area contributed by atoms with Gasteiger partial charge in [-0.3, -0.25) is 4.79 Å². The molecule has 2 N–H and O–H groups in total. The predicted molar refractivity (Wildman–Crippen MR) is 104 cm³/mol. The number of nitrogens with two attached hydrogens (primary N) is 1. The minimum atomic E-state index is -0.158. The van der Waals surface area contributed by atoms with Crippen molar-refractivity contribution in [2.45, 2.75) is 76.7 Å². The standard InChI is InChI=1S/C20H28N6O2/c1-2-7-16(27)26-11-6-5-10-15(26)20-24-19(25-28-20)14-12-22-18(23-17(14)21)13-8-3-4-9-13/h12-13,15H,2-11H2,1H3,(H2,21,22,23). The van der Waals surface area contributed by atoms with Gasteiger partial charge in [0.25, 0.3) is 0 Å². The molecule has 1 amide bonds. The van der Waals surface area contributed by atoms with Crippen LogP contribution in [-0.2, 0) is 4.79 Å². The molecule has 1 atom stereocenters. The number of anilines is 1. The molecule has 2 aromatic rings. The number of carbonyl (C=O) groups excluding carboxylic acids is 1. The summed E-state index contributed by atoms with van der Waals surface area (Å²) in [5.41, 5.74) is 6.77. The Morgan fingerprint density at radius 3 is 2.75 bits per heavy atom. The molecule has 0 radical (unpaired) electrons. The van der Waals surface area contributed by atoms with Crippen LogP contribution in [0.1, 0.15) is 88.4 Å². The SMILES string of the molecule is CCCC(=O)N1CCCCC1c1nc(-c2cnc(C3CCCC3)nc2N)no1. The number of likely N-dealkylation sites (tertiary alicyclic amines) is 1. The lowest BCUT2D eigenvalue weighted by atomic mass is 10.0. The Bertz CT molecular complexity index is 830. The van der Waals surface area contributed by atoms with Crippen molar-refractivity contribution in [1.29, 1.82) is 0 Å². The molecule has 4 rings (SSSR count). The van der Waals surface area contributed by atoms with Crippen molar-refractivity contribution >= 4 is 11.7 Å². The van der Waals surface area contributed by atoms with E-state index in [9.17, 15) is 4.79 Å². The number of aromatic nitrogens is 4. The summed E-state index contributed by atoms with van der Waals surface area (Å²) in [6, 6.07) is -0.158. The quantitative estimate of drug-likeness (QED) is 0.838. The van der Waals surface area contributed by atoms with Crippen molar-refractivity contribution in [3.05, 3.63) is 17.9 Å². The number of hydrogen-bond donors (Lipinski definition) is 1. The summed E-state index contributed by atoms with van der Waals surface area (Å²) >= 11 is 0. The smallest absolute Gasteiger partial charge is 0.249 e. The maximum absolute atomic E-state index is 12.5. The van der Waals surface area contributed by atoms with E-state index in [1.54, 1.807) is 6.20 Å². The van der Waals surface area contributed by atoms with Gasteiger partial charge < -0.3 is 15.2 Å². The topological polar surface area (TPSA) is 111 Å². The van der Waals surface area contributed by atoms with Gasteiger partial charge in [0, 0.05) is 25.1 Å². The van der Waals surface area contributed by atoms with Crippen molar-refractivity contribution in [3.63, 3.8) is 0 Å². The Labute approximate surface area is 164 Å². The number of rotatable bonds is 5. The van der Waals surface area contributed by atoms with Crippen LogP contribution in [0.5, 0.6) is 0 Å². The van der Waals surface area contributed by atoms with E-state index in [4.69, 9.17) is 10.3 Å². The van der Waals surface area contributed by atoms with Crippen molar-refractivity contribution in [2.24, 2.45) is 0 Å². The third kappa shape index (κ3) is 3.72. The second kappa shape index (κ2) is 8.24. The molecule has 0 spiro atoms. The molecule has 2 aromatic heterocycles. The van der Waals surface area contributed by atoms with Crippen LogP contribution in [-0.4, -0.2) is 37.5 Å². The van der Waals surface area contributed by atoms with E-state index in [1.165, 1.54) is 12.8 Å². The first-order valence-corrected chi connectivity index (χ1v) is 10.4. The maximum atomic E-state index is 12.5. The minimum absolute atomic E-state index is 0.149. The molecule has 3 heterocycles. The highest BCUT2D eigenvalue weighted by Crippen LogP contribution is 2.35. The lowest BCUT2D eigenvalue weighted by Gasteiger charge is -2.33. The molecule has 8 nitrogen and oxygen atoms in total. The average Bonchev–Trinajstić information content (AvgIpc) is 3.40. The summed E-state index contributed by atoms with van der Waals surface area (Å²) in [4.78, 5) is 27.9. The highest BCUT2D eigenvalue weighted by atomic mass is 16.5. The van der Waals surface area contributed by atoms with E-state index in [-0.39, 0.29) is 11.9 Å². The second-order valence-corrected chi connectivity index (χ2v) is 7.81. The predicted octanol–water partition coefficient (Wildman–Crippen LogP) is 3.62. The largest absolute Gasteiger partial charge is 0.383 e. The molecule has 8 heteroatoms. The fourth-order valence-electron chi connectivity index (χ4n) is 4.29. The number of piperidine rings is 1. The van der Waals surface area contributed by atoms with Crippen molar-refractivity contribution < 1.29 is 9.32 Å². The van der Waals surface area contributed by atoms with Gasteiger partial charge in [-0.1, -0.05) is 24.9 Å². The highest BCUT2D eigenvalue weighted by Gasteiger charge is 2.32. The maximum Gasteiger partial charge on any atom is 0.249 e. The van der Waals surface area contributed by atoms with Gasteiger partial charge in [0.15, 0.2) is 0 Å². The number of nitrogens with zero attached hydrogens (tertiary/aromatic N) is 5. The van der Waals surface area contributed by atoms with Gasteiger partial charge in [-0.2, -0.15) is 4.98 Å². The molecule has 2 aliphatic rings. The van der Waals surface area contributed by atoms with Crippen molar-refractivity contribution in [3.8, 4) is 11.4 Å². The summed E-state index contributed by atoms with van der Waals surface area (Å²) < 4.78 is 5.54. The zero-order valence-electron chi connectivity index (χ0n) is 16.4. The molecule has 1 aliphatic heterocycles. The second-order valence-electron chi connectivity index (χ2n) is 7.81. The zero-order valence-corrected chi connectivity index (χ0v) is 16.4. The Morgan fingerprint density at radius 1 is 1.21 bits per heavy atom. The van der Waals surface area contributed by atoms with Gasteiger partial charge in [0.05, 0.1) is 5.56 Å². The molecule has 1 saturated carbocycles. The Kier molecular flexibility index (Phi) is 5.54. The first-order chi connectivity index (χ1) is 13.7. The van der Waals surface area contributed by atoms with E-state index in [2.05, 4.69) is 20.1 Å². The lowest BCUT2D eigenvalue weighted by molar-refractivity contribution is -0.135. The van der Waals surface area contributed by atoms with E-state index < -0.39 is 0 Å². The van der Waals surface area contributed by atoms with Gasteiger partial charge in [-0.15, -0.1) is 0 Å². The molecular weight excluding hydrogens is 356 g/mol. The average molecular weight is 384 g/mol. The number of nitrogen functional groups attached to an aromatic ring is 1. The first-order valence-electron chi connectivity index (χ1n) is 10.4. The van der Waals surface area contributed by atoms with Crippen molar-refractivity contribution in [1.82, 2.24) is 25.0 Å². The molecular formula is C20H28N6O2. The zero-order chi connectivity index (χ0) is 19.5. The monoisotopic (exact) mass is 384 g/mol. The van der Waals surface area contributed by atoms with Gasteiger partial charge in [0.2, 0.25) is 17.6 Å². The van der Waals surface area contributed by atoms with Crippen molar-refractivity contribution in [2.75, 3.05) is 12.3 Å². The van der Waals surface area contributed by atoms with E-state index in [0.29, 0.717) is 35.4 Å². The number of hydrogen-bond acceptors (Lipinski definition) is 7. The summed E-state index contributed by atoms with van der Waals surface area (Å²) in [6.45, 7) is 2.75. The van der Waals surface area contributed by atoms with E-state index in [1.807, 2.05) is 11.8 Å². The number of carbonyl (C=O) groups is 1. The number of amides is 1. The van der Waals surface area contributed by atoms with Crippen LogP contribution < -0.4 is 5.73 Å². The van der Waals surface area contributed by atoms with Gasteiger partial charge >= 0.3 is 0 Å². The molecule has 1 unspecified atom stereocenters. The summed E-state index contributed by atoms with van der Waals surface area (Å²) in [7, 11) is 0. The molecule has 2 fully saturated rings. The fraction of sp³-hybridized carbons (Fsp3) is 0.650. The normalized spacial score (nSPS) is 20.6. The molecule has 150 valence electrons.